The second-order valence-corrected chi connectivity index (χ2v) is 6.55. The second-order valence-electron chi connectivity index (χ2n) is 4.59. The molecule has 0 fully saturated rings. The van der Waals surface area contributed by atoms with Gasteiger partial charge in [0.15, 0.2) is 0 Å². The van der Waals surface area contributed by atoms with Gasteiger partial charge in [0.05, 0.1) is 8.95 Å². The first kappa shape index (κ1) is 17.0. The highest BCUT2D eigenvalue weighted by Gasteiger charge is 2.08. The van der Waals surface area contributed by atoms with Crippen LogP contribution >= 0.6 is 43.5 Å². The van der Waals surface area contributed by atoms with Gasteiger partial charge in [-0.2, -0.15) is 0 Å². The monoisotopic (exact) mass is 409 g/mol. The Morgan fingerprint density at radius 3 is 2.47 bits per heavy atom. The third-order valence-corrected chi connectivity index (χ3v) is 3.71. The van der Waals surface area contributed by atoms with E-state index in [4.69, 9.17) is 16.3 Å². The number of nitrogens with one attached hydrogen (secondary N) is 1. The van der Waals surface area contributed by atoms with Crippen molar-refractivity contribution in [2.75, 3.05) is 13.2 Å². The van der Waals surface area contributed by atoms with E-state index >= 15 is 0 Å². The molecule has 0 amide bonds. The molecule has 0 aliphatic heterocycles. The number of ether oxygens (including phenoxy) is 1. The Morgan fingerprint density at radius 2 is 1.95 bits per heavy atom. The van der Waals surface area contributed by atoms with E-state index in [0.29, 0.717) is 12.5 Å². The molecule has 0 aliphatic rings. The quantitative estimate of drug-likeness (QED) is 0.675. The first-order valence-electron chi connectivity index (χ1n) is 6.11. The van der Waals surface area contributed by atoms with Gasteiger partial charge in [-0.15, -0.1) is 0 Å². The van der Waals surface area contributed by atoms with Gasteiger partial charge in [-0.1, -0.05) is 25.4 Å². The van der Waals surface area contributed by atoms with E-state index < -0.39 is 0 Å². The SMILES string of the molecule is CC(C)CNCc1cc(Br)c(OC/C=C/Cl)c(Br)c1. The lowest BCUT2D eigenvalue weighted by molar-refractivity contribution is 0.358. The second kappa shape index (κ2) is 9.01. The maximum absolute atomic E-state index is 5.62. The molecule has 1 N–H and O–H groups in total. The van der Waals surface area contributed by atoms with Crippen LogP contribution in [0.25, 0.3) is 0 Å². The van der Waals surface area contributed by atoms with E-state index in [-0.39, 0.29) is 0 Å². The summed E-state index contributed by atoms with van der Waals surface area (Å²) in [6.45, 7) is 6.69. The summed E-state index contributed by atoms with van der Waals surface area (Å²) in [5.74, 6) is 1.44. The number of rotatable bonds is 7. The van der Waals surface area contributed by atoms with Crippen molar-refractivity contribution < 1.29 is 4.74 Å². The maximum Gasteiger partial charge on any atom is 0.148 e. The van der Waals surface area contributed by atoms with Gasteiger partial charge < -0.3 is 10.1 Å². The molecule has 106 valence electrons. The maximum atomic E-state index is 5.62. The molecule has 1 aromatic carbocycles. The van der Waals surface area contributed by atoms with Gasteiger partial charge in [0.2, 0.25) is 0 Å². The molecular formula is C14H18Br2ClNO. The van der Waals surface area contributed by atoms with Crippen LogP contribution in [-0.2, 0) is 6.54 Å². The third kappa shape index (κ3) is 6.30. The molecule has 0 atom stereocenters. The highest BCUT2D eigenvalue weighted by molar-refractivity contribution is 9.11. The Bertz CT molecular complexity index is 412. The molecular weight excluding hydrogens is 393 g/mol. The minimum Gasteiger partial charge on any atom is -0.487 e. The molecule has 1 aromatic rings. The predicted molar refractivity (Wildman–Crippen MR) is 88.9 cm³/mol. The fraction of sp³-hybridized carbons (Fsp3) is 0.429. The molecule has 0 saturated carbocycles. The molecule has 0 aliphatic carbocycles. The molecule has 0 heterocycles. The van der Waals surface area contributed by atoms with Crippen molar-refractivity contribution in [1.82, 2.24) is 5.32 Å². The summed E-state index contributed by atoms with van der Waals surface area (Å²) in [5.41, 5.74) is 2.66. The Morgan fingerprint density at radius 1 is 1.32 bits per heavy atom. The summed E-state index contributed by atoms with van der Waals surface area (Å²) in [4.78, 5) is 0. The van der Waals surface area contributed by atoms with Crippen LogP contribution in [0.3, 0.4) is 0 Å². The summed E-state index contributed by atoms with van der Waals surface area (Å²) < 4.78 is 7.49. The molecule has 0 radical (unpaired) electrons. The lowest BCUT2D eigenvalue weighted by atomic mass is 10.2. The molecule has 5 heteroatoms. The van der Waals surface area contributed by atoms with Crippen LogP contribution < -0.4 is 10.1 Å². The molecule has 0 unspecified atom stereocenters. The van der Waals surface area contributed by atoms with Crippen molar-refractivity contribution in [3.8, 4) is 5.75 Å². The van der Waals surface area contributed by atoms with Gasteiger partial charge in [0.1, 0.15) is 12.4 Å². The van der Waals surface area contributed by atoms with E-state index in [2.05, 4.69) is 63.2 Å². The van der Waals surface area contributed by atoms with E-state index in [0.717, 1.165) is 27.8 Å². The Hall–Kier alpha value is -0.0300. The van der Waals surface area contributed by atoms with Crippen LogP contribution in [0.1, 0.15) is 19.4 Å². The van der Waals surface area contributed by atoms with Gasteiger partial charge in [0.25, 0.3) is 0 Å². The zero-order valence-electron chi connectivity index (χ0n) is 11.1. The first-order valence-corrected chi connectivity index (χ1v) is 8.13. The summed E-state index contributed by atoms with van der Waals surface area (Å²) in [7, 11) is 0. The lowest BCUT2D eigenvalue weighted by Gasteiger charge is -2.12. The van der Waals surface area contributed by atoms with Crippen LogP contribution in [-0.4, -0.2) is 13.2 Å². The van der Waals surface area contributed by atoms with Crippen molar-refractivity contribution in [2.24, 2.45) is 5.92 Å². The number of hydrogen-bond donors (Lipinski definition) is 1. The van der Waals surface area contributed by atoms with E-state index in [9.17, 15) is 0 Å². The standard InChI is InChI=1S/C14H18Br2ClNO/c1-10(2)8-18-9-11-6-12(15)14(13(16)7-11)19-5-3-4-17/h3-4,6-7,10,18H,5,8-9H2,1-2H3/b4-3+. The number of halogens is 3. The van der Waals surface area contributed by atoms with E-state index in [1.807, 2.05) is 0 Å². The highest BCUT2D eigenvalue weighted by atomic mass is 79.9. The van der Waals surface area contributed by atoms with E-state index in [1.165, 1.54) is 11.1 Å². The van der Waals surface area contributed by atoms with Gasteiger partial charge in [-0.25, -0.2) is 0 Å². The number of benzene rings is 1. The molecule has 0 saturated heterocycles. The Labute approximate surface area is 136 Å². The van der Waals surface area contributed by atoms with Crippen LogP contribution in [0.15, 0.2) is 32.7 Å². The zero-order valence-corrected chi connectivity index (χ0v) is 15.0. The fourth-order valence-corrected chi connectivity index (χ4v) is 3.11. The van der Waals surface area contributed by atoms with Crippen molar-refractivity contribution in [1.29, 1.82) is 0 Å². The van der Waals surface area contributed by atoms with Crippen LogP contribution in [0.5, 0.6) is 5.75 Å². The Kier molecular flexibility index (Phi) is 8.07. The van der Waals surface area contributed by atoms with Crippen molar-refractivity contribution in [3.05, 3.63) is 38.3 Å². The Balaban J connectivity index is 2.67. The van der Waals surface area contributed by atoms with Crippen molar-refractivity contribution >= 4 is 43.5 Å². The summed E-state index contributed by atoms with van der Waals surface area (Å²) >= 11 is 12.5. The van der Waals surface area contributed by atoms with E-state index in [1.54, 1.807) is 6.08 Å². The highest BCUT2D eigenvalue weighted by Crippen LogP contribution is 2.34. The average Bonchev–Trinajstić information content (AvgIpc) is 2.32. The van der Waals surface area contributed by atoms with Crippen LogP contribution in [0.4, 0.5) is 0 Å². The molecule has 0 aromatic heterocycles. The minimum atomic E-state index is 0.450. The summed E-state index contributed by atoms with van der Waals surface area (Å²) in [5, 5.41) is 3.42. The summed E-state index contributed by atoms with van der Waals surface area (Å²) in [6, 6.07) is 4.13. The predicted octanol–water partition coefficient (Wildman–Crippen LogP) is 5.09. The van der Waals surface area contributed by atoms with Gasteiger partial charge in [-0.05, 0) is 68.1 Å². The van der Waals surface area contributed by atoms with Gasteiger partial charge in [-0.3, -0.25) is 0 Å². The smallest absolute Gasteiger partial charge is 0.148 e. The molecule has 2 nitrogen and oxygen atoms in total. The van der Waals surface area contributed by atoms with Crippen molar-refractivity contribution in [3.63, 3.8) is 0 Å². The first-order chi connectivity index (χ1) is 9.04. The van der Waals surface area contributed by atoms with Crippen LogP contribution in [0.2, 0.25) is 0 Å². The zero-order chi connectivity index (χ0) is 14.3. The van der Waals surface area contributed by atoms with Gasteiger partial charge >= 0.3 is 0 Å². The largest absolute Gasteiger partial charge is 0.487 e. The minimum absolute atomic E-state index is 0.450. The van der Waals surface area contributed by atoms with Gasteiger partial charge in [0, 0.05) is 12.1 Å². The average molecular weight is 412 g/mol. The normalized spacial score (nSPS) is 11.5. The molecule has 0 spiro atoms. The fourth-order valence-electron chi connectivity index (χ4n) is 1.53. The number of hydrogen-bond acceptors (Lipinski definition) is 2. The lowest BCUT2D eigenvalue weighted by Crippen LogP contribution is -2.19. The third-order valence-electron chi connectivity index (χ3n) is 2.35. The summed E-state index contributed by atoms with van der Waals surface area (Å²) in [6.07, 6.45) is 1.75. The molecule has 19 heavy (non-hydrogen) atoms. The van der Waals surface area contributed by atoms with Crippen molar-refractivity contribution in [2.45, 2.75) is 20.4 Å². The molecule has 1 rings (SSSR count). The van der Waals surface area contributed by atoms with Crippen LogP contribution in [0, 0.1) is 5.92 Å². The topological polar surface area (TPSA) is 21.3 Å². The molecule has 0 bridgehead atoms.